The third-order valence-electron chi connectivity index (χ3n) is 3.25. The van der Waals surface area contributed by atoms with Crippen molar-refractivity contribution in [1.29, 1.82) is 0 Å². The van der Waals surface area contributed by atoms with E-state index in [1.165, 1.54) is 12.1 Å². The van der Waals surface area contributed by atoms with Gasteiger partial charge in [0.2, 0.25) is 0 Å². The van der Waals surface area contributed by atoms with Gasteiger partial charge in [-0.1, -0.05) is 12.1 Å². The number of carbonyl (C=O) groups excluding carboxylic acids is 1. The van der Waals surface area contributed by atoms with Gasteiger partial charge in [0.05, 0.1) is 18.0 Å². The van der Waals surface area contributed by atoms with Gasteiger partial charge in [-0.2, -0.15) is 0 Å². The van der Waals surface area contributed by atoms with Gasteiger partial charge >= 0.3 is 6.09 Å². The van der Waals surface area contributed by atoms with Crippen LogP contribution >= 0.6 is 0 Å². The predicted molar refractivity (Wildman–Crippen MR) is 82.8 cm³/mol. The van der Waals surface area contributed by atoms with Crippen LogP contribution in [-0.2, 0) is 6.54 Å². The van der Waals surface area contributed by atoms with Crippen molar-refractivity contribution in [2.45, 2.75) is 13.0 Å². The van der Waals surface area contributed by atoms with E-state index in [0.29, 0.717) is 6.54 Å². The average Bonchev–Trinajstić information content (AvgIpc) is 3.24. The Kier molecular flexibility index (Phi) is 4.85. The number of rotatable bonds is 6. The van der Waals surface area contributed by atoms with E-state index >= 15 is 0 Å². The molecule has 7 nitrogen and oxygen atoms in total. The van der Waals surface area contributed by atoms with E-state index in [0.717, 1.165) is 13.0 Å². The lowest BCUT2D eigenvalue weighted by atomic mass is 10.1. The van der Waals surface area contributed by atoms with Gasteiger partial charge < -0.3 is 19.1 Å². The summed E-state index contributed by atoms with van der Waals surface area (Å²) in [5.41, 5.74) is 0.251. The molecule has 0 spiro atoms. The maximum absolute atomic E-state index is 13.7. The highest BCUT2D eigenvalue weighted by Crippen LogP contribution is 2.25. The van der Waals surface area contributed by atoms with Crippen molar-refractivity contribution in [3.63, 3.8) is 0 Å². The van der Waals surface area contributed by atoms with E-state index in [9.17, 15) is 9.18 Å². The van der Waals surface area contributed by atoms with Crippen molar-refractivity contribution in [2.24, 2.45) is 0 Å². The van der Waals surface area contributed by atoms with Crippen LogP contribution < -0.4 is 10.1 Å². The molecule has 2 aromatic heterocycles. The number of halogens is 1. The second kappa shape index (κ2) is 7.40. The number of benzene rings is 1. The molecule has 0 saturated carbocycles. The highest BCUT2D eigenvalue weighted by Gasteiger charge is 2.13. The number of hydrogen-bond acceptors (Lipinski definition) is 5. The molecular weight excluding hydrogens is 315 g/mol. The van der Waals surface area contributed by atoms with Gasteiger partial charge in [0, 0.05) is 25.5 Å². The van der Waals surface area contributed by atoms with Gasteiger partial charge in [-0.3, -0.25) is 0 Å². The zero-order valence-electron chi connectivity index (χ0n) is 12.7. The first-order valence-corrected chi connectivity index (χ1v) is 7.35. The topological polar surface area (TPSA) is 82.2 Å². The summed E-state index contributed by atoms with van der Waals surface area (Å²) < 4.78 is 25.6. The first-order chi connectivity index (χ1) is 11.7. The Bertz CT molecular complexity index is 801. The molecule has 2 heterocycles. The quantitative estimate of drug-likeness (QED) is 0.703. The number of aryl methyl sites for hydroxylation is 1. The molecule has 24 heavy (non-hydrogen) atoms. The second-order valence-electron chi connectivity index (χ2n) is 4.98. The average molecular weight is 330 g/mol. The van der Waals surface area contributed by atoms with Gasteiger partial charge in [0.15, 0.2) is 5.76 Å². The summed E-state index contributed by atoms with van der Waals surface area (Å²) in [6, 6.07) is 7.48. The van der Waals surface area contributed by atoms with E-state index in [-0.39, 0.29) is 17.2 Å². The van der Waals surface area contributed by atoms with Crippen LogP contribution in [0.15, 0.2) is 53.6 Å². The van der Waals surface area contributed by atoms with Crippen molar-refractivity contribution < 1.29 is 18.4 Å². The molecule has 8 heteroatoms. The van der Waals surface area contributed by atoms with Crippen LogP contribution in [0.25, 0.3) is 11.3 Å². The molecule has 0 aliphatic heterocycles. The monoisotopic (exact) mass is 330 g/mol. The SMILES string of the molecule is O=C(NCCCn1ccnc1)Oc1cc(-c2ccccc2F)on1. The Hall–Kier alpha value is -3.16. The Labute approximate surface area is 137 Å². The summed E-state index contributed by atoms with van der Waals surface area (Å²) in [5.74, 6) is -0.277. The lowest BCUT2D eigenvalue weighted by Crippen LogP contribution is -2.28. The molecule has 0 bridgehead atoms. The van der Waals surface area contributed by atoms with E-state index in [1.54, 1.807) is 30.7 Å². The number of ether oxygens (including phenoxy) is 1. The van der Waals surface area contributed by atoms with Crippen LogP contribution in [0.1, 0.15) is 6.42 Å². The van der Waals surface area contributed by atoms with E-state index in [1.807, 2.05) is 10.8 Å². The maximum Gasteiger partial charge on any atom is 0.414 e. The van der Waals surface area contributed by atoms with Crippen LogP contribution in [0.2, 0.25) is 0 Å². The zero-order valence-corrected chi connectivity index (χ0v) is 12.7. The third-order valence-corrected chi connectivity index (χ3v) is 3.25. The minimum Gasteiger partial charge on any atom is -0.388 e. The lowest BCUT2D eigenvalue weighted by Gasteiger charge is -2.04. The Balaban J connectivity index is 1.47. The van der Waals surface area contributed by atoms with Crippen LogP contribution in [0, 0.1) is 5.82 Å². The molecule has 1 aromatic carbocycles. The predicted octanol–water partition coefficient (Wildman–Crippen LogP) is 2.86. The number of hydrogen-bond donors (Lipinski definition) is 1. The van der Waals surface area contributed by atoms with Gasteiger partial charge in [0.1, 0.15) is 5.82 Å². The van der Waals surface area contributed by atoms with Crippen LogP contribution in [0.4, 0.5) is 9.18 Å². The summed E-state index contributed by atoms with van der Waals surface area (Å²) in [5, 5.41) is 6.21. The number of nitrogens with zero attached hydrogens (tertiary/aromatic N) is 3. The Morgan fingerprint density at radius 1 is 1.38 bits per heavy atom. The highest BCUT2D eigenvalue weighted by atomic mass is 19.1. The minimum absolute atomic E-state index is 0.0274. The molecule has 0 aliphatic carbocycles. The molecule has 1 amide bonds. The fourth-order valence-corrected chi connectivity index (χ4v) is 2.10. The van der Waals surface area contributed by atoms with Gasteiger partial charge in [-0.05, 0) is 23.7 Å². The molecule has 0 saturated heterocycles. The van der Waals surface area contributed by atoms with Gasteiger partial charge in [-0.25, -0.2) is 14.2 Å². The molecule has 3 rings (SSSR count). The second-order valence-corrected chi connectivity index (χ2v) is 4.98. The molecule has 0 aliphatic rings. The largest absolute Gasteiger partial charge is 0.414 e. The van der Waals surface area contributed by atoms with Crippen LogP contribution in [0.3, 0.4) is 0 Å². The van der Waals surface area contributed by atoms with Crippen molar-refractivity contribution >= 4 is 6.09 Å². The van der Waals surface area contributed by atoms with E-state index < -0.39 is 11.9 Å². The first-order valence-electron chi connectivity index (χ1n) is 7.35. The zero-order chi connectivity index (χ0) is 16.8. The summed E-state index contributed by atoms with van der Waals surface area (Å²) in [7, 11) is 0. The standard InChI is InChI=1S/C16H15FN4O3/c17-13-5-2-1-4-12(13)14-10-15(20-24-14)23-16(22)19-6-3-8-21-9-7-18-11-21/h1-2,4-5,7,9-11H,3,6,8H2,(H,19,22). The normalized spacial score (nSPS) is 10.5. The third kappa shape index (κ3) is 3.97. The highest BCUT2D eigenvalue weighted by molar-refractivity contribution is 5.70. The van der Waals surface area contributed by atoms with Crippen molar-refractivity contribution in [3.05, 3.63) is 54.9 Å². The van der Waals surface area contributed by atoms with E-state index in [4.69, 9.17) is 9.26 Å². The van der Waals surface area contributed by atoms with Gasteiger partial charge in [0.25, 0.3) is 5.88 Å². The Morgan fingerprint density at radius 3 is 3.04 bits per heavy atom. The summed E-state index contributed by atoms with van der Waals surface area (Å²) in [4.78, 5) is 15.6. The molecule has 0 atom stereocenters. The number of aromatic nitrogens is 3. The Morgan fingerprint density at radius 2 is 2.25 bits per heavy atom. The van der Waals surface area contributed by atoms with Gasteiger partial charge in [-0.15, -0.1) is 0 Å². The van der Waals surface area contributed by atoms with Crippen molar-refractivity contribution in [3.8, 4) is 17.2 Å². The van der Waals surface area contributed by atoms with Crippen LogP contribution in [0.5, 0.6) is 5.88 Å². The fourth-order valence-electron chi connectivity index (χ4n) is 2.10. The molecule has 0 fully saturated rings. The number of imidazole rings is 1. The summed E-state index contributed by atoms with van der Waals surface area (Å²) in [6.45, 7) is 1.18. The number of nitrogens with one attached hydrogen (secondary N) is 1. The molecule has 3 aromatic rings. The smallest absolute Gasteiger partial charge is 0.388 e. The molecule has 1 N–H and O–H groups in total. The molecule has 0 unspecified atom stereocenters. The fraction of sp³-hybridized carbons (Fsp3) is 0.188. The minimum atomic E-state index is -0.644. The lowest BCUT2D eigenvalue weighted by molar-refractivity contribution is 0.195. The summed E-state index contributed by atoms with van der Waals surface area (Å²) >= 11 is 0. The maximum atomic E-state index is 13.7. The van der Waals surface area contributed by atoms with Crippen molar-refractivity contribution in [2.75, 3.05) is 6.54 Å². The number of amides is 1. The van der Waals surface area contributed by atoms with E-state index in [2.05, 4.69) is 15.5 Å². The molecule has 124 valence electrons. The van der Waals surface area contributed by atoms with Crippen molar-refractivity contribution in [1.82, 2.24) is 20.0 Å². The molecule has 0 radical (unpaired) electrons. The van der Waals surface area contributed by atoms with Crippen LogP contribution in [-0.4, -0.2) is 27.3 Å². The first kappa shape index (κ1) is 15.7. The molecular formula is C16H15FN4O3. The summed E-state index contributed by atoms with van der Waals surface area (Å²) in [6.07, 6.45) is 5.33. The number of carbonyl (C=O) groups is 1.